The normalized spacial score (nSPS) is 11.8. The van der Waals surface area contributed by atoms with Crippen LogP contribution >= 0.6 is 23.4 Å². The zero-order valence-corrected chi connectivity index (χ0v) is 9.72. The zero-order valence-electron chi connectivity index (χ0n) is 8.15. The van der Waals surface area contributed by atoms with Gasteiger partial charge in [0.2, 0.25) is 0 Å². The van der Waals surface area contributed by atoms with Gasteiger partial charge < -0.3 is 0 Å². The van der Waals surface area contributed by atoms with E-state index >= 15 is 0 Å². The molecule has 1 aromatic rings. The maximum Gasteiger partial charge on any atom is 0.416 e. The second-order valence-electron chi connectivity index (χ2n) is 3.03. The lowest BCUT2D eigenvalue weighted by atomic mass is 10.2. The summed E-state index contributed by atoms with van der Waals surface area (Å²) in [5, 5.41) is 0. The first-order valence-corrected chi connectivity index (χ1v) is 6.02. The fourth-order valence-corrected chi connectivity index (χ4v) is 2.19. The molecule has 0 aliphatic rings. The van der Waals surface area contributed by atoms with Gasteiger partial charge >= 0.3 is 6.18 Å². The lowest BCUT2D eigenvalue weighted by Crippen LogP contribution is -2.05. The molecule has 0 N–H and O–H groups in total. The van der Waals surface area contributed by atoms with Crippen molar-refractivity contribution in [2.45, 2.75) is 17.5 Å². The predicted molar refractivity (Wildman–Crippen MR) is 57.5 cm³/mol. The van der Waals surface area contributed by atoms with Crippen LogP contribution in [0, 0.1) is 5.82 Å². The highest BCUT2D eigenvalue weighted by Crippen LogP contribution is 2.32. The minimum Gasteiger partial charge on any atom is -0.206 e. The largest absolute Gasteiger partial charge is 0.416 e. The van der Waals surface area contributed by atoms with Crippen molar-refractivity contribution in [3.63, 3.8) is 0 Å². The molecule has 0 radical (unpaired) electrons. The van der Waals surface area contributed by atoms with E-state index in [-0.39, 0.29) is 4.90 Å². The van der Waals surface area contributed by atoms with E-state index in [2.05, 4.69) is 0 Å². The summed E-state index contributed by atoms with van der Waals surface area (Å²) in [6.45, 7) is 0. The molecule has 0 spiro atoms. The molecule has 0 saturated carbocycles. The molecule has 0 bridgehead atoms. The number of hydrogen-bond donors (Lipinski definition) is 0. The van der Waals surface area contributed by atoms with Gasteiger partial charge in [-0.2, -0.15) is 13.2 Å². The summed E-state index contributed by atoms with van der Waals surface area (Å²) in [4.78, 5) is 0.220. The van der Waals surface area contributed by atoms with E-state index in [0.717, 1.165) is 23.9 Å². The first-order valence-electron chi connectivity index (χ1n) is 4.50. The third kappa shape index (κ3) is 3.87. The van der Waals surface area contributed by atoms with Crippen LogP contribution in [0.25, 0.3) is 0 Å². The van der Waals surface area contributed by atoms with Crippen LogP contribution in [0.3, 0.4) is 0 Å². The summed E-state index contributed by atoms with van der Waals surface area (Å²) in [6.07, 6.45) is -3.81. The average Bonchev–Trinajstić information content (AvgIpc) is 2.19. The molecule has 0 amide bonds. The van der Waals surface area contributed by atoms with Crippen LogP contribution in [-0.2, 0) is 6.18 Å². The Kier molecular flexibility index (Phi) is 4.92. The van der Waals surface area contributed by atoms with E-state index in [4.69, 9.17) is 11.6 Å². The predicted octanol–water partition coefficient (Wildman–Crippen LogP) is 4.57. The minimum atomic E-state index is -4.50. The number of rotatable bonds is 4. The molecule has 1 rings (SSSR count). The van der Waals surface area contributed by atoms with Gasteiger partial charge in [0, 0.05) is 10.8 Å². The molecular weight excluding hydrogens is 264 g/mol. The highest BCUT2D eigenvalue weighted by molar-refractivity contribution is 7.99. The molecule has 0 aliphatic heterocycles. The molecular formula is C10H9ClF4S. The Morgan fingerprint density at radius 2 is 1.94 bits per heavy atom. The van der Waals surface area contributed by atoms with Crippen molar-refractivity contribution in [1.82, 2.24) is 0 Å². The topological polar surface area (TPSA) is 0 Å². The molecule has 0 aliphatic carbocycles. The van der Waals surface area contributed by atoms with Gasteiger partial charge in [0.05, 0.1) is 5.56 Å². The minimum absolute atomic E-state index is 0.220. The number of alkyl halides is 4. The molecule has 6 heteroatoms. The molecule has 0 unspecified atom stereocenters. The summed E-state index contributed by atoms with van der Waals surface area (Å²) >= 11 is 6.60. The number of hydrogen-bond acceptors (Lipinski definition) is 1. The number of halogens is 5. The summed E-state index contributed by atoms with van der Waals surface area (Å²) < 4.78 is 49.9. The van der Waals surface area contributed by atoms with Gasteiger partial charge in [0.15, 0.2) is 0 Å². The van der Waals surface area contributed by atoms with Crippen LogP contribution < -0.4 is 0 Å². The van der Waals surface area contributed by atoms with E-state index < -0.39 is 17.6 Å². The van der Waals surface area contributed by atoms with Crippen molar-refractivity contribution < 1.29 is 17.6 Å². The highest BCUT2D eigenvalue weighted by Gasteiger charge is 2.31. The van der Waals surface area contributed by atoms with Crippen molar-refractivity contribution in [2.75, 3.05) is 11.6 Å². The van der Waals surface area contributed by atoms with Crippen LogP contribution in [0.15, 0.2) is 23.1 Å². The smallest absolute Gasteiger partial charge is 0.206 e. The third-order valence-corrected chi connectivity index (χ3v) is 3.20. The maximum absolute atomic E-state index is 13.3. The quantitative estimate of drug-likeness (QED) is 0.335. The summed E-state index contributed by atoms with van der Waals surface area (Å²) in [7, 11) is 0. The van der Waals surface area contributed by atoms with Gasteiger partial charge in [0.25, 0.3) is 0 Å². The van der Waals surface area contributed by atoms with Crippen molar-refractivity contribution in [1.29, 1.82) is 0 Å². The van der Waals surface area contributed by atoms with E-state index in [0.29, 0.717) is 24.1 Å². The first-order chi connectivity index (χ1) is 7.45. The Bertz CT molecular complexity index is 351. The van der Waals surface area contributed by atoms with E-state index in [9.17, 15) is 17.6 Å². The van der Waals surface area contributed by atoms with Crippen LogP contribution in [0.5, 0.6) is 0 Å². The molecule has 90 valence electrons. The van der Waals surface area contributed by atoms with E-state index in [1.165, 1.54) is 0 Å². The van der Waals surface area contributed by atoms with Crippen LogP contribution in [0.4, 0.5) is 17.6 Å². The Hall–Kier alpha value is -0.420. The van der Waals surface area contributed by atoms with Gasteiger partial charge in [-0.05, 0) is 30.4 Å². The van der Waals surface area contributed by atoms with Gasteiger partial charge in [-0.15, -0.1) is 23.4 Å². The monoisotopic (exact) mass is 272 g/mol. The highest BCUT2D eigenvalue weighted by atomic mass is 35.5. The Morgan fingerprint density at radius 1 is 1.25 bits per heavy atom. The van der Waals surface area contributed by atoms with E-state index in [1.807, 2.05) is 0 Å². The van der Waals surface area contributed by atoms with Gasteiger partial charge in [-0.25, -0.2) is 4.39 Å². The summed E-state index contributed by atoms with van der Waals surface area (Å²) in [6, 6.07) is 2.55. The maximum atomic E-state index is 13.3. The molecule has 16 heavy (non-hydrogen) atoms. The summed E-state index contributed by atoms with van der Waals surface area (Å²) in [5.74, 6) is 0.204. The van der Waals surface area contributed by atoms with Crippen LogP contribution in [0.1, 0.15) is 12.0 Å². The van der Waals surface area contributed by atoms with E-state index in [1.54, 1.807) is 0 Å². The Balaban J connectivity index is 2.76. The lowest BCUT2D eigenvalue weighted by molar-refractivity contribution is -0.137. The van der Waals surface area contributed by atoms with Crippen molar-refractivity contribution in [2.24, 2.45) is 0 Å². The fourth-order valence-electron chi connectivity index (χ4n) is 1.03. The van der Waals surface area contributed by atoms with Crippen molar-refractivity contribution in [3.8, 4) is 0 Å². The lowest BCUT2D eigenvalue weighted by Gasteiger charge is -2.08. The second kappa shape index (κ2) is 5.77. The average molecular weight is 273 g/mol. The van der Waals surface area contributed by atoms with Gasteiger partial charge in [-0.1, -0.05) is 0 Å². The first kappa shape index (κ1) is 13.6. The zero-order chi connectivity index (χ0) is 12.2. The molecule has 1 aromatic carbocycles. The third-order valence-electron chi connectivity index (χ3n) is 1.79. The van der Waals surface area contributed by atoms with Crippen molar-refractivity contribution >= 4 is 23.4 Å². The fraction of sp³-hybridized carbons (Fsp3) is 0.400. The van der Waals surface area contributed by atoms with Crippen LogP contribution in [0.2, 0.25) is 0 Å². The molecule has 0 nitrogen and oxygen atoms in total. The number of thioether (sulfide) groups is 1. The summed E-state index contributed by atoms with van der Waals surface area (Å²) in [5.41, 5.74) is -0.966. The number of benzene rings is 1. The SMILES string of the molecule is Fc1cc(C(F)(F)F)ccc1SCCCCl. The second-order valence-corrected chi connectivity index (χ2v) is 4.55. The van der Waals surface area contributed by atoms with Gasteiger partial charge in [-0.3, -0.25) is 0 Å². The Morgan fingerprint density at radius 3 is 2.44 bits per heavy atom. The van der Waals surface area contributed by atoms with Crippen LogP contribution in [-0.4, -0.2) is 11.6 Å². The van der Waals surface area contributed by atoms with Crippen molar-refractivity contribution in [3.05, 3.63) is 29.6 Å². The standard InChI is InChI=1S/C10H9ClF4S/c11-4-1-5-16-9-3-2-7(6-8(9)12)10(13,14)15/h2-3,6H,1,4-5H2. The molecule has 0 saturated heterocycles. The Labute approximate surface area is 100.0 Å². The molecule has 0 atom stereocenters. The molecule has 0 fully saturated rings. The molecule has 0 aromatic heterocycles. The molecule has 0 heterocycles. The van der Waals surface area contributed by atoms with Gasteiger partial charge in [0.1, 0.15) is 5.82 Å².